The van der Waals surface area contributed by atoms with E-state index in [1.165, 1.54) is 13.0 Å². The molecule has 0 aliphatic carbocycles. The van der Waals surface area contributed by atoms with E-state index in [1.54, 1.807) is 6.08 Å². The third kappa shape index (κ3) is 4.48. The van der Waals surface area contributed by atoms with Crippen molar-refractivity contribution in [2.45, 2.75) is 38.5 Å². The maximum absolute atomic E-state index is 14.6. The monoisotopic (exact) mass is 474 g/mol. The third-order valence-electron chi connectivity index (χ3n) is 5.89. The molecule has 178 valence electrons. The molecule has 0 fully saturated rings. The van der Waals surface area contributed by atoms with Crippen LogP contribution in [0.2, 0.25) is 0 Å². The Morgan fingerprint density at radius 1 is 1.38 bits per heavy atom. The van der Waals surface area contributed by atoms with Gasteiger partial charge < -0.3 is 15.0 Å². The summed E-state index contributed by atoms with van der Waals surface area (Å²) < 4.78 is 59.3. The highest BCUT2D eigenvalue weighted by atomic mass is 19.4. The van der Waals surface area contributed by atoms with Gasteiger partial charge in [-0.2, -0.15) is 18.4 Å². The van der Waals surface area contributed by atoms with Gasteiger partial charge in [0, 0.05) is 18.3 Å². The van der Waals surface area contributed by atoms with Crippen LogP contribution in [0.15, 0.2) is 57.8 Å². The molecule has 10 heteroatoms. The molecule has 34 heavy (non-hydrogen) atoms. The molecular weight excluding hydrogens is 452 g/mol. The van der Waals surface area contributed by atoms with E-state index in [-0.39, 0.29) is 23.8 Å². The lowest BCUT2D eigenvalue weighted by atomic mass is 9.92. The molecule has 1 amide bonds. The first-order chi connectivity index (χ1) is 16.1. The SMILES string of the molecule is C[C@@H]1CN2C=C(C3=C(C#N)COCC3)C=C(C(=O)N[C@H](C)c3cccc(C(F)(F)F)c3F)C2=N1. The minimum Gasteiger partial charge on any atom is -0.376 e. The number of hydrogen-bond acceptors (Lipinski definition) is 5. The number of benzene rings is 1. The number of halogens is 4. The molecule has 4 rings (SSSR count). The van der Waals surface area contributed by atoms with Crippen LogP contribution in [-0.4, -0.2) is 42.4 Å². The van der Waals surface area contributed by atoms with E-state index >= 15 is 0 Å². The molecule has 0 radical (unpaired) electrons. The average Bonchev–Trinajstić information content (AvgIpc) is 3.17. The number of amidine groups is 1. The number of aliphatic imine (C=N–C) groups is 1. The summed E-state index contributed by atoms with van der Waals surface area (Å²) in [6.07, 6.45) is -0.884. The van der Waals surface area contributed by atoms with E-state index in [0.29, 0.717) is 42.6 Å². The van der Waals surface area contributed by atoms with Crippen molar-refractivity contribution in [2.75, 3.05) is 19.8 Å². The van der Waals surface area contributed by atoms with Gasteiger partial charge in [-0.25, -0.2) is 4.39 Å². The van der Waals surface area contributed by atoms with Crippen LogP contribution in [-0.2, 0) is 15.7 Å². The van der Waals surface area contributed by atoms with Gasteiger partial charge in [-0.3, -0.25) is 9.79 Å². The fourth-order valence-corrected chi connectivity index (χ4v) is 4.25. The summed E-state index contributed by atoms with van der Waals surface area (Å²) in [4.78, 5) is 19.6. The number of nitrogens with one attached hydrogen (secondary N) is 1. The maximum Gasteiger partial charge on any atom is 0.419 e. The predicted molar refractivity (Wildman–Crippen MR) is 116 cm³/mol. The lowest BCUT2D eigenvalue weighted by Gasteiger charge is -2.27. The van der Waals surface area contributed by atoms with Gasteiger partial charge in [0.2, 0.25) is 0 Å². The van der Waals surface area contributed by atoms with Crippen molar-refractivity contribution in [3.05, 3.63) is 69.7 Å². The Kier molecular flexibility index (Phi) is 6.32. The quantitative estimate of drug-likeness (QED) is 0.664. The summed E-state index contributed by atoms with van der Waals surface area (Å²) in [5.41, 5.74) is 0.472. The number of nitrogens with zero attached hydrogens (tertiary/aromatic N) is 3. The lowest BCUT2D eigenvalue weighted by molar-refractivity contribution is -0.140. The van der Waals surface area contributed by atoms with E-state index in [4.69, 9.17) is 4.74 Å². The van der Waals surface area contributed by atoms with Gasteiger partial charge in [0.05, 0.1) is 48.1 Å². The molecule has 1 N–H and O–H groups in total. The van der Waals surface area contributed by atoms with Crippen LogP contribution >= 0.6 is 0 Å². The van der Waals surface area contributed by atoms with E-state index in [9.17, 15) is 27.6 Å². The first kappa shape index (κ1) is 23.7. The molecular formula is C24H22F4N4O2. The highest BCUT2D eigenvalue weighted by Crippen LogP contribution is 2.34. The van der Waals surface area contributed by atoms with Crippen LogP contribution in [0.25, 0.3) is 0 Å². The molecule has 1 aromatic carbocycles. The zero-order chi connectivity index (χ0) is 24.6. The summed E-state index contributed by atoms with van der Waals surface area (Å²) in [6, 6.07) is 4.01. The van der Waals surface area contributed by atoms with E-state index in [1.807, 2.05) is 18.0 Å². The highest BCUT2D eigenvalue weighted by molar-refractivity contribution is 6.22. The molecule has 2 atom stereocenters. The van der Waals surface area contributed by atoms with Gasteiger partial charge in [0.1, 0.15) is 11.7 Å². The maximum atomic E-state index is 14.6. The van der Waals surface area contributed by atoms with Crippen LogP contribution in [0.5, 0.6) is 0 Å². The van der Waals surface area contributed by atoms with Crippen LogP contribution in [0.1, 0.15) is 37.4 Å². The normalized spacial score (nSPS) is 21.3. The van der Waals surface area contributed by atoms with Crippen LogP contribution in [0.4, 0.5) is 17.6 Å². The predicted octanol–water partition coefficient (Wildman–Crippen LogP) is 4.19. The Balaban J connectivity index is 1.66. The molecule has 0 saturated heterocycles. The molecule has 0 aromatic heterocycles. The van der Waals surface area contributed by atoms with Crippen LogP contribution in [0, 0.1) is 17.1 Å². The van der Waals surface area contributed by atoms with Crippen molar-refractivity contribution in [2.24, 2.45) is 4.99 Å². The molecule has 3 heterocycles. The summed E-state index contributed by atoms with van der Waals surface area (Å²) in [7, 11) is 0. The zero-order valence-corrected chi connectivity index (χ0v) is 18.5. The van der Waals surface area contributed by atoms with Crippen molar-refractivity contribution in [1.82, 2.24) is 10.2 Å². The molecule has 3 aliphatic rings. The Labute approximate surface area is 193 Å². The number of ether oxygens (including phenoxy) is 1. The van der Waals surface area contributed by atoms with Crippen LogP contribution < -0.4 is 5.32 Å². The third-order valence-corrected chi connectivity index (χ3v) is 5.89. The van der Waals surface area contributed by atoms with Crippen molar-refractivity contribution < 1.29 is 27.1 Å². The second-order valence-corrected chi connectivity index (χ2v) is 8.37. The number of fused-ring (bicyclic) bond motifs is 1. The molecule has 3 aliphatic heterocycles. The molecule has 0 bridgehead atoms. The van der Waals surface area contributed by atoms with Gasteiger partial charge in [0.25, 0.3) is 5.91 Å². The average molecular weight is 474 g/mol. The number of carbonyl (C=O) groups excluding carboxylic acids is 1. The smallest absolute Gasteiger partial charge is 0.376 e. The van der Waals surface area contributed by atoms with Crippen molar-refractivity contribution in [3.63, 3.8) is 0 Å². The minimum absolute atomic E-state index is 0.0840. The number of nitriles is 1. The van der Waals surface area contributed by atoms with Gasteiger partial charge in [-0.1, -0.05) is 12.1 Å². The topological polar surface area (TPSA) is 77.7 Å². The summed E-state index contributed by atoms with van der Waals surface area (Å²) in [6.45, 7) is 4.47. The number of hydrogen-bond donors (Lipinski definition) is 1. The van der Waals surface area contributed by atoms with E-state index in [2.05, 4.69) is 16.4 Å². The Hall–Kier alpha value is -3.45. The van der Waals surface area contributed by atoms with Crippen molar-refractivity contribution in [3.8, 4) is 6.07 Å². The Bertz CT molecular complexity index is 1190. The minimum atomic E-state index is -4.85. The summed E-state index contributed by atoms with van der Waals surface area (Å²) >= 11 is 0. The fourth-order valence-electron chi connectivity index (χ4n) is 4.25. The molecule has 0 unspecified atom stereocenters. The fraction of sp³-hybridized carbons (Fsp3) is 0.375. The van der Waals surface area contributed by atoms with Gasteiger partial charge in [-0.15, -0.1) is 0 Å². The first-order valence-corrected chi connectivity index (χ1v) is 10.7. The van der Waals surface area contributed by atoms with Crippen LogP contribution in [0.3, 0.4) is 0 Å². The molecule has 6 nitrogen and oxygen atoms in total. The van der Waals surface area contributed by atoms with Gasteiger partial charge in [0.15, 0.2) is 0 Å². The van der Waals surface area contributed by atoms with E-state index in [0.717, 1.165) is 11.6 Å². The Morgan fingerprint density at radius 3 is 2.85 bits per heavy atom. The zero-order valence-electron chi connectivity index (χ0n) is 18.5. The molecule has 1 aromatic rings. The number of allylic oxidation sites excluding steroid dienone is 2. The molecule has 0 spiro atoms. The number of carbonyl (C=O) groups is 1. The number of rotatable bonds is 4. The standard InChI is InChI=1S/C24H22F4N4O2/c1-13-10-32-11-15(18-6-7-34-12-16(18)9-29)8-19(22(32)30-13)23(33)31-14(2)17-4-3-5-20(21(17)25)24(26,27)28/h3-5,8,11,13-14H,6-7,10,12H2,1-2H3,(H,31,33)/t13-,14-/m1/s1. The lowest BCUT2D eigenvalue weighted by Crippen LogP contribution is -2.37. The number of alkyl halides is 3. The van der Waals surface area contributed by atoms with Gasteiger partial charge >= 0.3 is 6.18 Å². The molecule has 0 saturated carbocycles. The van der Waals surface area contributed by atoms with Crippen molar-refractivity contribution >= 4 is 11.7 Å². The second-order valence-electron chi connectivity index (χ2n) is 8.37. The first-order valence-electron chi connectivity index (χ1n) is 10.7. The largest absolute Gasteiger partial charge is 0.419 e. The van der Waals surface area contributed by atoms with Crippen molar-refractivity contribution in [1.29, 1.82) is 5.26 Å². The summed E-state index contributed by atoms with van der Waals surface area (Å²) in [5, 5.41) is 12.1. The van der Waals surface area contributed by atoms with Gasteiger partial charge in [-0.05, 0) is 43.6 Å². The Morgan fingerprint density at radius 2 is 2.15 bits per heavy atom. The highest BCUT2D eigenvalue weighted by Gasteiger charge is 2.36. The number of amides is 1. The van der Waals surface area contributed by atoms with E-state index < -0.39 is 29.5 Å². The second kappa shape index (κ2) is 9.06. The summed E-state index contributed by atoms with van der Waals surface area (Å²) in [5.74, 6) is -1.59.